The van der Waals surface area contributed by atoms with Gasteiger partial charge in [-0.3, -0.25) is 4.99 Å². The standard InChI is InChI=1S/C20H25ClN4.HI/c1-22-19(23-13-10-16-8-9-18(21)24-14-16)25-15-20(11-5-12-20)17-6-3-2-4-7-17;/h2-4,6-9,14H,5,10-13,15H2,1H3,(H2,22,23,25);1H. The molecule has 2 N–H and O–H groups in total. The molecule has 1 fully saturated rings. The van der Waals surface area contributed by atoms with E-state index >= 15 is 0 Å². The van der Waals surface area contributed by atoms with Gasteiger partial charge in [0, 0.05) is 31.7 Å². The first-order valence-electron chi connectivity index (χ1n) is 8.82. The van der Waals surface area contributed by atoms with E-state index < -0.39 is 0 Å². The first-order valence-corrected chi connectivity index (χ1v) is 9.20. The lowest BCUT2D eigenvalue weighted by Crippen LogP contribution is -2.49. The van der Waals surface area contributed by atoms with E-state index in [0.717, 1.165) is 31.0 Å². The van der Waals surface area contributed by atoms with Crippen molar-refractivity contribution in [2.24, 2.45) is 4.99 Å². The molecule has 1 aromatic carbocycles. The van der Waals surface area contributed by atoms with Crippen molar-refractivity contribution in [1.82, 2.24) is 15.6 Å². The molecule has 3 rings (SSSR count). The average Bonchev–Trinajstić information content (AvgIpc) is 2.62. The normalized spacial score (nSPS) is 15.5. The average molecular weight is 485 g/mol. The van der Waals surface area contributed by atoms with Gasteiger partial charge in [0.15, 0.2) is 5.96 Å². The Morgan fingerprint density at radius 2 is 1.92 bits per heavy atom. The van der Waals surface area contributed by atoms with Gasteiger partial charge < -0.3 is 10.6 Å². The number of halogens is 2. The summed E-state index contributed by atoms with van der Waals surface area (Å²) in [5.74, 6) is 0.851. The molecule has 1 heterocycles. The molecule has 0 spiro atoms. The summed E-state index contributed by atoms with van der Waals surface area (Å²) in [6, 6.07) is 14.6. The van der Waals surface area contributed by atoms with Gasteiger partial charge in [0.2, 0.25) is 0 Å². The highest BCUT2D eigenvalue weighted by Gasteiger charge is 2.38. The maximum absolute atomic E-state index is 5.82. The van der Waals surface area contributed by atoms with Crippen LogP contribution in [0.25, 0.3) is 0 Å². The molecule has 0 radical (unpaired) electrons. The number of pyridine rings is 1. The van der Waals surface area contributed by atoms with Crippen molar-refractivity contribution in [3.05, 3.63) is 64.9 Å². The predicted molar refractivity (Wildman–Crippen MR) is 120 cm³/mol. The third kappa shape index (κ3) is 5.33. The van der Waals surface area contributed by atoms with Gasteiger partial charge in [-0.25, -0.2) is 4.98 Å². The second-order valence-electron chi connectivity index (χ2n) is 6.59. The van der Waals surface area contributed by atoms with Crippen LogP contribution in [-0.4, -0.2) is 31.1 Å². The summed E-state index contributed by atoms with van der Waals surface area (Å²) in [5.41, 5.74) is 2.84. The van der Waals surface area contributed by atoms with Crippen molar-refractivity contribution in [1.29, 1.82) is 0 Å². The van der Waals surface area contributed by atoms with Crippen LogP contribution >= 0.6 is 35.6 Å². The van der Waals surface area contributed by atoms with Gasteiger partial charge in [0.25, 0.3) is 0 Å². The lowest BCUT2D eigenvalue weighted by atomic mass is 9.64. The topological polar surface area (TPSA) is 49.3 Å². The minimum atomic E-state index is 0. The van der Waals surface area contributed by atoms with E-state index in [1.807, 2.05) is 25.4 Å². The summed E-state index contributed by atoms with van der Waals surface area (Å²) in [7, 11) is 1.81. The molecule has 26 heavy (non-hydrogen) atoms. The Labute approximate surface area is 177 Å². The van der Waals surface area contributed by atoms with Gasteiger partial charge in [0.1, 0.15) is 5.15 Å². The highest BCUT2D eigenvalue weighted by atomic mass is 127. The molecule has 1 aliphatic carbocycles. The molecule has 6 heteroatoms. The number of hydrogen-bond donors (Lipinski definition) is 2. The lowest BCUT2D eigenvalue weighted by Gasteiger charge is -2.43. The van der Waals surface area contributed by atoms with Crippen molar-refractivity contribution in [3.63, 3.8) is 0 Å². The van der Waals surface area contributed by atoms with Gasteiger partial charge in [-0.15, -0.1) is 24.0 Å². The molecule has 1 aromatic heterocycles. The van der Waals surface area contributed by atoms with Crippen molar-refractivity contribution in [3.8, 4) is 0 Å². The maximum atomic E-state index is 5.82. The zero-order chi connectivity index (χ0) is 17.5. The first-order chi connectivity index (χ1) is 12.2. The van der Waals surface area contributed by atoms with Gasteiger partial charge in [0.05, 0.1) is 0 Å². The van der Waals surface area contributed by atoms with Gasteiger partial charge in [-0.05, 0) is 36.5 Å². The van der Waals surface area contributed by atoms with Crippen LogP contribution in [0.3, 0.4) is 0 Å². The predicted octanol–water partition coefficient (Wildman–Crippen LogP) is 4.18. The fourth-order valence-electron chi connectivity index (χ4n) is 3.32. The number of aromatic nitrogens is 1. The summed E-state index contributed by atoms with van der Waals surface area (Å²) >= 11 is 5.82. The number of nitrogens with one attached hydrogen (secondary N) is 2. The molecule has 0 atom stereocenters. The molecule has 1 saturated carbocycles. The minimum absolute atomic E-state index is 0. The summed E-state index contributed by atoms with van der Waals surface area (Å²) in [4.78, 5) is 8.46. The van der Waals surface area contributed by atoms with Crippen LogP contribution in [-0.2, 0) is 11.8 Å². The summed E-state index contributed by atoms with van der Waals surface area (Å²) < 4.78 is 0. The second kappa shape index (κ2) is 10.1. The molecule has 0 saturated heterocycles. The van der Waals surface area contributed by atoms with Crippen molar-refractivity contribution in [2.75, 3.05) is 20.1 Å². The highest BCUT2D eigenvalue weighted by molar-refractivity contribution is 14.0. The van der Waals surface area contributed by atoms with Crippen LogP contribution < -0.4 is 10.6 Å². The quantitative estimate of drug-likeness (QED) is 0.280. The molecule has 140 valence electrons. The number of rotatable bonds is 6. The number of hydrogen-bond acceptors (Lipinski definition) is 2. The SMILES string of the molecule is CN=C(NCCc1ccc(Cl)nc1)NCC1(c2ccccc2)CCC1.I. The molecule has 0 unspecified atom stereocenters. The smallest absolute Gasteiger partial charge is 0.191 e. The van der Waals surface area contributed by atoms with Crippen molar-refractivity contribution >= 4 is 41.5 Å². The van der Waals surface area contributed by atoms with E-state index in [4.69, 9.17) is 11.6 Å². The van der Waals surface area contributed by atoms with Crippen LogP contribution in [0.15, 0.2) is 53.7 Å². The van der Waals surface area contributed by atoms with Crippen LogP contribution in [0.4, 0.5) is 0 Å². The summed E-state index contributed by atoms with van der Waals surface area (Å²) in [6.45, 7) is 1.72. The van der Waals surface area contributed by atoms with Crippen LogP contribution in [0, 0.1) is 0 Å². The van der Waals surface area contributed by atoms with E-state index in [9.17, 15) is 0 Å². The molecule has 0 aliphatic heterocycles. The monoisotopic (exact) mass is 484 g/mol. The Hall–Kier alpha value is -1.34. The second-order valence-corrected chi connectivity index (χ2v) is 6.98. The Kier molecular flexibility index (Phi) is 8.15. The Bertz CT molecular complexity index is 700. The molecular formula is C20H26ClIN4. The molecular weight excluding hydrogens is 459 g/mol. The van der Waals surface area contributed by atoms with Crippen molar-refractivity contribution < 1.29 is 0 Å². The first kappa shape index (κ1) is 21.0. The molecule has 4 nitrogen and oxygen atoms in total. The van der Waals surface area contributed by atoms with E-state index in [0.29, 0.717) is 5.15 Å². The third-order valence-electron chi connectivity index (χ3n) is 5.01. The third-order valence-corrected chi connectivity index (χ3v) is 5.23. The zero-order valence-corrected chi connectivity index (χ0v) is 18.1. The van der Waals surface area contributed by atoms with Gasteiger partial charge >= 0.3 is 0 Å². The zero-order valence-electron chi connectivity index (χ0n) is 15.0. The van der Waals surface area contributed by atoms with Crippen LogP contribution in [0.1, 0.15) is 30.4 Å². The van der Waals surface area contributed by atoms with Gasteiger partial charge in [-0.2, -0.15) is 0 Å². The van der Waals surface area contributed by atoms with E-state index in [-0.39, 0.29) is 29.4 Å². The number of benzene rings is 1. The molecule has 1 aliphatic rings. The summed E-state index contributed by atoms with van der Waals surface area (Å²) in [5, 5.41) is 7.42. The molecule has 2 aromatic rings. The Morgan fingerprint density at radius 3 is 2.50 bits per heavy atom. The number of aliphatic imine (C=N–C) groups is 1. The van der Waals surface area contributed by atoms with E-state index in [2.05, 4.69) is 50.9 Å². The Balaban J connectivity index is 0.00000243. The number of nitrogens with zero attached hydrogens (tertiary/aromatic N) is 2. The van der Waals surface area contributed by atoms with E-state index in [1.54, 1.807) is 0 Å². The van der Waals surface area contributed by atoms with E-state index in [1.165, 1.54) is 24.8 Å². The van der Waals surface area contributed by atoms with Gasteiger partial charge in [-0.1, -0.05) is 54.4 Å². The lowest BCUT2D eigenvalue weighted by molar-refractivity contribution is 0.244. The fraction of sp³-hybridized carbons (Fsp3) is 0.400. The highest BCUT2D eigenvalue weighted by Crippen LogP contribution is 2.43. The largest absolute Gasteiger partial charge is 0.356 e. The fourth-order valence-corrected chi connectivity index (χ4v) is 3.43. The van der Waals surface area contributed by atoms with Crippen LogP contribution in [0.2, 0.25) is 5.15 Å². The number of guanidine groups is 1. The summed E-state index contributed by atoms with van der Waals surface area (Å²) in [6.07, 6.45) is 6.47. The molecule has 0 bridgehead atoms. The maximum Gasteiger partial charge on any atom is 0.191 e. The Morgan fingerprint density at radius 1 is 1.15 bits per heavy atom. The minimum Gasteiger partial charge on any atom is -0.356 e. The van der Waals surface area contributed by atoms with Crippen LogP contribution in [0.5, 0.6) is 0 Å². The van der Waals surface area contributed by atoms with Crippen molar-refractivity contribution in [2.45, 2.75) is 31.1 Å². The molecule has 0 amide bonds.